The van der Waals surface area contributed by atoms with Crippen LogP contribution in [0, 0.1) is 0 Å². The molecule has 0 saturated heterocycles. The molecule has 0 aliphatic rings. The molecule has 1 aromatic carbocycles. The largest absolute Gasteiger partial charge is 0.472 e. The molecule has 0 aliphatic carbocycles. The molecule has 0 amide bonds. The average Bonchev–Trinajstić information content (AvgIpc) is 2.99. The quantitative estimate of drug-likeness (QED) is 0.787. The first-order valence-electron chi connectivity index (χ1n) is 6.86. The zero-order valence-electron chi connectivity index (χ0n) is 12.0. The molecule has 1 aromatic heterocycles. The molecule has 2 unspecified atom stereocenters. The van der Waals surface area contributed by atoms with Gasteiger partial charge in [0.15, 0.2) is 0 Å². The van der Waals surface area contributed by atoms with E-state index in [1.54, 1.807) is 19.6 Å². The maximum absolute atomic E-state index is 9.78. The third-order valence-corrected chi connectivity index (χ3v) is 3.66. The summed E-state index contributed by atoms with van der Waals surface area (Å²) in [4.78, 5) is 0. The lowest BCUT2D eigenvalue weighted by Gasteiger charge is -2.20. The summed E-state index contributed by atoms with van der Waals surface area (Å²) in [6.45, 7) is 0.741. The standard InChI is InChI=1S/C16H20ClNO3/c1-20-11-14(19)9-18-16(13-6-7-21-10-13)8-12-4-2-3-5-15(12)17/h2-7,10,14,16,18-19H,8-9,11H2,1H3. The second kappa shape index (κ2) is 8.20. The van der Waals surface area contributed by atoms with Crippen molar-refractivity contribution in [3.63, 3.8) is 0 Å². The first-order chi connectivity index (χ1) is 10.2. The second-order valence-electron chi connectivity index (χ2n) is 4.92. The molecule has 2 N–H and O–H groups in total. The number of hydrogen-bond donors (Lipinski definition) is 2. The summed E-state index contributed by atoms with van der Waals surface area (Å²) >= 11 is 6.22. The van der Waals surface area contributed by atoms with E-state index in [0.29, 0.717) is 13.2 Å². The number of aliphatic hydroxyl groups excluding tert-OH is 1. The minimum absolute atomic E-state index is 0.0233. The zero-order valence-corrected chi connectivity index (χ0v) is 12.7. The van der Waals surface area contributed by atoms with Gasteiger partial charge >= 0.3 is 0 Å². The highest BCUT2D eigenvalue weighted by Gasteiger charge is 2.16. The molecule has 21 heavy (non-hydrogen) atoms. The van der Waals surface area contributed by atoms with Crippen LogP contribution in [0.15, 0.2) is 47.3 Å². The number of ether oxygens (including phenoxy) is 1. The summed E-state index contributed by atoms with van der Waals surface area (Å²) in [5, 5.41) is 13.9. The molecule has 1 heterocycles. The fraction of sp³-hybridized carbons (Fsp3) is 0.375. The monoisotopic (exact) mass is 309 g/mol. The van der Waals surface area contributed by atoms with Crippen LogP contribution in [0.4, 0.5) is 0 Å². The van der Waals surface area contributed by atoms with E-state index in [2.05, 4.69) is 5.32 Å². The summed E-state index contributed by atoms with van der Waals surface area (Å²) in [5.41, 5.74) is 2.08. The van der Waals surface area contributed by atoms with Gasteiger partial charge in [-0.1, -0.05) is 29.8 Å². The van der Waals surface area contributed by atoms with Gasteiger partial charge in [-0.2, -0.15) is 0 Å². The molecule has 0 bridgehead atoms. The van der Waals surface area contributed by atoms with Gasteiger partial charge in [0, 0.05) is 30.3 Å². The topological polar surface area (TPSA) is 54.6 Å². The van der Waals surface area contributed by atoms with Gasteiger partial charge in [0.1, 0.15) is 0 Å². The molecule has 2 aromatic rings. The van der Waals surface area contributed by atoms with Crippen LogP contribution in [-0.2, 0) is 11.2 Å². The third-order valence-electron chi connectivity index (χ3n) is 3.29. The van der Waals surface area contributed by atoms with E-state index in [4.69, 9.17) is 20.8 Å². The summed E-state index contributed by atoms with van der Waals surface area (Å²) in [5.74, 6) is 0. The highest BCUT2D eigenvalue weighted by Crippen LogP contribution is 2.23. The number of methoxy groups -OCH3 is 1. The normalized spacial score (nSPS) is 14.0. The Labute approximate surface area is 129 Å². The van der Waals surface area contributed by atoms with Crippen LogP contribution in [0.25, 0.3) is 0 Å². The number of benzene rings is 1. The third kappa shape index (κ3) is 4.86. The number of halogens is 1. The molecule has 0 aliphatic heterocycles. The molecule has 0 spiro atoms. The fourth-order valence-corrected chi connectivity index (χ4v) is 2.41. The summed E-state index contributed by atoms with van der Waals surface area (Å²) in [6, 6.07) is 9.69. The Morgan fingerprint density at radius 3 is 2.81 bits per heavy atom. The van der Waals surface area contributed by atoms with Crippen molar-refractivity contribution in [2.45, 2.75) is 18.6 Å². The number of rotatable bonds is 8. The lowest BCUT2D eigenvalue weighted by Crippen LogP contribution is -2.33. The predicted octanol–water partition coefficient (Wildman–Crippen LogP) is 2.81. The van der Waals surface area contributed by atoms with Gasteiger partial charge in [0.25, 0.3) is 0 Å². The van der Waals surface area contributed by atoms with Crippen LogP contribution in [0.1, 0.15) is 17.2 Å². The van der Waals surface area contributed by atoms with Gasteiger partial charge in [0.05, 0.1) is 25.2 Å². The summed E-state index contributed by atoms with van der Waals surface area (Å²) < 4.78 is 10.1. The summed E-state index contributed by atoms with van der Waals surface area (Å²) in [6.07, 6.45) is 3.52. The van der Waals surface area contributed by atoms with Crippen LogP contribution < -0.4 is 5.32 Å². The average molecular weight is 310 g/mol. The van der Waals surface area contributed by atoms with Crippen molar-refractivity contribution < 1.29 is 14.3 Å². The predicted molar refractivity (Wildman–Crippen MR) is 82.5 cm³/mol. The van der Waals surface area contributed by atoms with E-state index in [1.807, 2.05) is 30.3 Å². The SMILES string of the molecule is COCC(O)CNC(Cc1ccccc1Cl)c1ccoc1. The molecule has 2 atom stereocenters. The Hall–Kier alpha value is -1.33. The van der Waals surface area contributed by atoms with E-state index in [1.165, 1.54) is 0 Å². The first-order valence-corrected chi connectivity index (χ1v) is 7.24. The van der Waals surface area contributed by atoms with Crippen LogP contribution >= 0.6 is 11.6 Å². The van der Waals surface area contributed by atoms with Crippen molar-refractivity contribution in [1.82, 2.24) is 5.32 Å². The van der Waals surface area contributed by atoms with Crippen molar-refractivity contribution in [1.29, 1.82) is 0 Å². The molecule has 0 radical (unpaired) electrons. The second-order valence-corrected chi connectivity index (χ2v) is 5.33. The number of furan rings is 1. The van der Waals surface area contributed by atoms with Crippen molar-refractivity contribution in [2.75, 3.05) is 20.3 Å². The van der Waals surface area contributed by atoms with Gasteiger partial charge in [-0.05, 0) is 24.1 Å². The van der Waals surface area contributed by atoms with E-state index >= 15 is 0 Å². The van der Waals surface area contributed by atoms with Crippen LogP contribution in [0.2, 0.25) is 5.02 Å². The van der Waals surface area contributed by atoms with Crippen molar-refractivity contribution in [3.05, 3.63) is 59.0 Å². The minimum atomic E-state index is -0.546. The van der Waals surface area contributed by atoms with Gasteiger partial charge in [0.2, 0.25) is 0 Å². The molecule has 0 saturated carbocycles. The van der Waals surface area contributed by atoms with E-state index in [-0.39, 0.29) is 6.04 Å². The van der Waals surface area contributed by atoms with E-state index < -0.39 is 6.10 Å². The van der Waals surface area contributed by atoms with Crippen molar-refractivity contribution in [2.24, 2.45) is 0 Å². The Morgan fingerprint density at radius 1 is 1.33 bits per heavy atom. The molecular weight excluding hydrogens is 290 g/mol. The number of aliphatic hydroxyl groups is 1. The van der Waals surface area contributed by atoms with Gasteiger partial charge in [-0.15, -0.1) is 0 Å². The lowest BCUT2D eigenvalue weighted by atomic mass is 10.0. The Kier molecular flexibility index (Phi) is 6.26. The lowest BCUT2D eigenvalue weighted by molar-refractivity contribution is 0.0626. The maximum Gasteiger partial charge on any atom is 0.0950 e. The highest BCUT2D eigenvalue weighted by molar-refractivity contribution is 6.31. The molecule has 0 fully saturated rings. The van der Waals surface area contributed by atoms with E-state index in [9.17, 15) is 5.11 Å². The van der Waals surface area contributed by atoms with Crippen molar-refractivity contribution >= 4 is 11.6 Å². The fourth-order valence-electron chi connectivity index (χ4n) is 2.19. The Morgan fingerprint density at radius 2 is 2.14 bits per heavy atom. The van der Waals surface area contributed by atoms with Gasteiger partial charge in [-0.3, -0.25) is 0 Å². The highest BCUT2D eigenvalue weighted by atomic mass is 35.5. The number of nitrogens with one attached hydrogen (secondary N) is 1. The van der Waals surface area contributed by atoms with Crippen LogP contribution in [-0.4, -0.2) is 31.5 Å². The Balaban J connectivity index is 2.05. The smallest absolute Gasteiger partial charge is 0.0950 e. The molecule has 114 valence electrons. The summed E-state index contributed by atoms with van der Waals surface area (Å²) in [7, 11) is 1.57. The Bertz CT molecular complexity index is 530. The van der Waals surface area contributed by atoms with Crippen LogP contribution in [0.5, 0.6) is 0 Å². The number of hydrogen-bond acceptors (Lipinski definition) is 4. The molecular formula is C16H20ClNO3. The van der Waals surface area contributed by atoms with E-state index in [0.717, 1.165) is 22.6 Å². The van der Waals surface area contributed by atoms with Crippen LogP contribution in [0.3, 0.4) is 0 Å². The minimum Gasteiger partial charge on any atom is -0.472 e. The molecule has 4 nitrogen and oxygen atoms in total. The molecule has 5 heteroatoms. The van der Waals surface area contributed by atoms with Gasteiger partial charge < -0.3 is 19.6 Å². The molecule has 2 rings (SSSR count). The zero-order chi connectivity index (χ0) is 15.1. The van der Waals surface area contributed by atoms with Gasteiger partial charge in [-0.25, -0.2) is 0 Å². The maximum atomic E-state index is 9.78. The first kappa shape index (κ1) is 16.0. The van der Waals surface area contributed by atoms with Crippen molar-refractivity contribution in [3.8, 4) is 0 Å².